The smallest absolute Gasteiger partial charge is 0.242 e. The lowest BCUT2D eigenvalue weighted by Crippen LogP contribution is -2.30. The van der Waals surface area contributed by atoms with Gasteiger partial charge in [0.05, 0.1) is 5.02 Å². The van der Waals surface area contributed by atoms with Crippen LogP contribution in [0.25, 0.3) is 0 Å². The molecular weight excluding hydrogens is 352 g/mol. The van der Waals surface area contributed by atoms with Crippen LogP contribution in [-0.4, -0.2) is 26.0 Å². The lowest BCUT2D eigenvalue weighted by atomic mass is 10.2. The average Bonchev–Trinajstić information content (AvgIpc) is 2.54. The summed E-state index contributed by atoms with van der Waals surface area (Å²) in [5.74, 6) is -0.239. The van der Waals surface area contributed by atoms with E-state index in [1.165, 1.54) is 18.2 Å². The molecule has 1 amide bonds. The first-order chi connectivity index (χ1) is 11.4. The summed E-state index contributed by atoms with van der Waals surface area (Å²) in [6.07, 6.45) is -0.0305. The molecule has 0 aliphatic heterocycles. The SMILES string of the molecule is O=C(CCNS(=O)(=O)c1ccccc1Cl)NCc1ccccc1O. The predicted molar refractivity (Wildman–Crippen MR) is 91.2 cm³/mol. The highest BCUT2D eigenvalue weighted by atomic mass is 35.5. The lowest BCUT2D eigenvalue weighted by Gasteiger charge is -2.09. The van der Waals surface area contributed by atoms with Crippen LogP contribution in [0.4, 0.5) is 0 Å². The van der Waals surface area contributed by atoms with Crippen molar-refractivity contribution in [1.82, 2.24) is 10.0 Å². The van der Waals surface area contributed by atoms with Gasteiger partial charge in [-0.1, -0.05) is 41.9 Å². The molecular formula is C16H17ClN2O4S. The summed E-state index contributed by atoms with van der Waals surface area (Å²) in [6.45, 7) is 0.114. The normalized spacial score (nSPS) is 11.2. The number of aromatic hydroxyl groups is 1. The third kappa shape index (κ3) is 4.95. The summed E-state index contributed by atoms with van der Waals surface area (Å²) in [5.41, 5.74) is 0.586. The van der Waals surface area contributed by atoms with Crippen molar-refractivity contribution < 1.29 is 18.3 Å². The largest absolute Gasteiger partial charge is 0.508 e. The zero-order valence-electron chi connectivity index (χ0n) is 12.7. The van der Waals surface area contributed by atoms with E-state index in [2.05, 4.69) is 10.0 Å². The van der Waals surface area contributed by atoms with Crippen molar-refractivity contribution >= 4 is 27.5 Å². The molecule has 0 atom stereocenters. The maximum absolute atomic E-state index is 12.1. The Bertz CT molecular complexity index is 824. The van der Waals surface area contributed by atoms with Crippen LogP contribution in [0.3, 0.4) is 0 Å². The van der Waals surface area contributed by atoms with E-state index in [1.807, 2.05) is 0 Å². The van der Waals surface area contributed by atoms with Gasteiger partial charge in [0.1, 0.15) is 10.6 Å². The van der Waals surface area contributed by atoms with Gasteiger partial charge in [0, 0.05) is 25.1 Å². The number of halogens is 1. The molecule has 0 heterocycles. The number of phenolic OH excluding ortho intramolecular Hbond substituents is 1. The molecule has 0 aliphatic carbocycles. The number of benzene rings is 2. The first-order valence-corrected chi connectivity index (χ1v) is 9.04. The Morgan fingerprint density at radius 1 is 1.08 bits per heavy atom. The van der Waals surface area contributed by atoms with Crippen molar-refractivity contribution in [1.29, 1.82) is 0 Å². The third-order valence-electron chi connectivity index (χ3n) is 3.24. The molecule has 3 N–H and O–H groups in total. The molecule has 0 aromatic heterocycles. The molecule has 0 unspecified atom stereocenters. The number of hydrogen-bond donors (Lipinski definition) is 3. The number of sulfonamides is 1. The van der Waals surface area contributed by atoms with E-state index in [1.54, 1.807) is 30.3 Å². The van der Waals surface area contributed by atoms with Crippen molar-refractivity contribution in [2.45, 2.75) is 17.9 Å². The van der Waals surface area contributed by atoms with Gasteiger partial charge in [-0.25, -0.2) is 13.1 Å². The highest BCUT2D eigenvalue weighted by Gasteiger charge is 2.17. The van der Waals surface area contributed by atoms with E-state index in [4.69, 9.17) is 11.6 Å². The molecule has 6 nitrogen and oxygen atoms in total. The lowest BCUT2D eigenvalue weighted by molar-refractivity contribution is -0.121. The van der Waals surface area contributed by atoms with Crippen molar-refractivity contribution in [3.63, 3.8) is 0 Å². The van der Waals surface area contributed by atoms with Crippen molar-refractivity contribution in [3.05, 3.63) is 59.1 Å². The third-order valence-corrected chi connectivity index (χ3v) is 5.20. The molecule has 128 valence electrons. The Morgan fingerprint density at radius 3 is 2.46 bits per heavy atom. The van der Waals surface area contributed by atoms with Crippen molar-refractivity contribution in [2.75, 3.05) is 6.54 Å². The van der Waals surface area contributed by atoms with E-state index in [-0.39, 0.29) is 41.1 Å². The van der Waals surface area contributed by atoms with Gasteiger partial charge < -0.3 is 10.4 Å². The van der Waals surface area contributed by atoms with Crippen molar-refractivity contribution in [3.8, 4) is 5.75 Å². The number of carbonyl (C=O) groups is 1. The number of amides is 1. The maximum Gasteiger partial charge on any atom is 0.242 e. The number of para-hydroxylation sites is 1. The molecule has 0 radical (unpaired) electrons. The quantitative estimate of drug-likeness (QED) is 0.696. The van der Waals surface area contributed by atoms with Crippen LogP contribution in [0.5, 0.6) is 5.75 Å². The highest BCUT2D eigenvalue weighted by molar-refractivity contribution is 7.89. The van der Waals surface area contributed by atoms with E-state index < -0.39 is 10.0 Å². The molecule has 0 saturated carbocycles. The molecule has 0 bridgehead atoms. The Kier molecular flexibility index (Phi) is 6.19. The standard InChI is InChI=1S/C16H17ClN2O4S/c17-13-6-2-4-8-15(13)24(22,23)19-10-9-16(21)18-11-12-5-1-3-7-14(12)20/h1-8,19-20H,9-11H2,(H,18,21). The summed E-state index contributed by atoms with van der Waals surface area (Å²) in [6, 6.07) is 12.7. The van der Waals surface area contributed by atoms with Gasteiger partial charge >= 0.3 is 0 Å². The molecule has 0 saturated heterocycles. The molecule has 2 rings (SSSR count). The van der Waals surface area contributed by atoms with Crippen LogP contribution in [-0.2, 0) is 21.4 Å². The maximum atomic E-state index is 12.1. The molecule has 2 aromatic carbocycles. The molecule has 24 heavy (non-hydrogen) atoms. The average molecular weight is 369 g/mol. The van der Waals surface area contributed by atoms with Crippen LogP contribution in [0.15, 0.2) is 53.4 Å². The number of phenols is 1. The van der Waals surface area contributed by atoms with Crippen LogP contribution in [0.2, 0.25) is 5.02 Å². The highest BCUT2D eigenvalue weighted by Crippen LogP contribution is 2.20. The topological polar surface area (TPSA) is 95.5 Å². The molecule has 8 heteroatoms. The Labute approximate surface area is 145 Å². The second-order valence-electron chi connectivity index (χ2n) is 4.98. The summed E-state index contributed by atoms with van der Waals surface area (Å²) in [7, 11) is -3.76. The van der Waals surface area contributed by atoms with E-state index >= 15 is 0 Å². The van der Waals surface area contributed by atoms with Crippen LogP contribution >= 0.6 is 11.6 Å². The fraction of sp³-hybridized carbons (Fsp3) is 0.188. The van der Waals surface area contributed by atoms with E-state index in [0.717, 1.165) is 0 Å². The predicted octanol–water partition coefficient (Wildman–Crippen LogP) is 2.03. The minimum Gasteiger partial charge on any atom is -0.508 e. The summed E-state index contributed by atoms with van der Waals surface area (Å²) < 4.78 is 26.5. The van der Waals surface area contributed by atoms with E-state index in [9.17, 15) is 18.3 Å². The minimum atomic E-state index is -3.76. The van der Waals surface area contributed by atoms with E-state index in [0.29, 0.717) is 5.56 Å². The number of carbonyl (C=O) groups excluding carboxylic acids is 1. The van der Waals surface area contributed by atoms with Gasteiger partial charge in [0.25, 0.3) is 0 Å². The zero-order valence-corrected chi connectivity index (χ0v) is 14.3. The summed E-state index contributed by atoms with van der Waals surface area (Å²) >= 11 is 5.86. The monoisotopic (exact) mass is 368 g/mol. The fourth-order valence-corrected chi connectivity index (χ4v) is 3.53. The van der Waals surface area contributed by atoms with Crippen LogP contribution < -0.4 is 10.0 Å². The summed E-state index contributed by atoms with van der Waals surface area (Å²) in [4.78, 5) is 11.7. The first kappa shape index (κ1) is 18.3. The van der Waals surface area contributed by atoms with Gasteiger partial charge in [-0.15, -0.1) is 0 Å². The molecule has 0 spiro atoms. The zero-order chi connectivity index (χ0) is 17.6. The van der Waals surface area contributed by atoms with Crippen molar-refractivity contribution in [2.24, 2.45) is 0 Å². The van der Waals surface area contributed by atoms with Gasteiger partial charge in [-0.3, -0.25) is 4.79 Å². The Hall–Kier alpha value is -2.09. The van der Waals surface area contributed by atoms with Gasteiger partial charge in [0.2, 0.25) is 15.9 Å². The number of nitrogens with one attached hydrogen (secondary N) is 2. The van der Waals surface area contributed by atoms with Crippen LogP contribution in [0, 0.1) is 0 Å². The number of hydrogen-bond acceptors (Lipinski definition) is 4. The molecule has 0 aliphatic rings. The van der Waals surface area contributed by atoms with Gasteiger partial charge in [-0.05, 0) is 18.2 Å². The fourth-order valence-electron chi connectivity index (χ4n) is 1.98. The first-order valence-electron chi connectivity index (χ1n) is 7.18. The molecule has 0 fully saturated rings. The minimum absolute atomic E-state index is 0.0266. The Balaban J connectivity index is 1.82. The summed E-state index contributed by atoms with van der Waals surface area (Å²) in [5, 5.41) is 12.3. The van der Waals surface area contributed by atoms with Gasteiger partial charge in [-0.2, -0.15) is 0 Å². The molecule has 2 aromatic rings. The Morgan fingerprint density at radius 2 is 1.75 bits per heavy atom. The second-order valence-corrected chi connectivity index (χ2v) is 7.13. The van der Waals surface area contributed by atoms with Gasteiger partial charge in [0.15, 0.2) is 0 Å². The second kappa shape index (κ2) is 8.14. The van der Waals surface area contributed by atoms with Crippen LogP contribution in [0.1, 0.15) is 12.0 Å². The number of rotatable bonds is 7.